The van der Waals surface area contributed by atoms with E-state index in [9.17, 15) is 77.6 Å². The van der Waals surface area contributed by atoms with Gasteiger partial charge in [0.15, 0.2) is 11.9 Å². The zero-order chi connectivity index (χ0) is 77.4. The quantitative estimate of drug-likeness (QED) is 0.0194. The molecule has 0 spiro atoms. The number of nitrogens with one attached hydrogen (secondary N) is 10. The van der Waals surface area contributed by atoms with Gasteiger partial charge in [-0.15, -0.1) is 0 Å². The molecular weight excluding hydrogens is 1340 g/mol. The van der Waals surface area contributed by atoms with Crippen molar-refractivity contribution in [2.24, 2.45) is 56.0 Å². The Morgan fingerprint density at radius 2 is 0.806 bits per heavy atom. The number of aliphatic hydroxyl groups excluding tert-OH is 1. The number of guanidine groups is 2. The number of benzene rings is 1. The van der Waals surface area contributed by atoms with Gasteiger partial charge in [-0.05, 0) is 108 Å². The minimum Gasteiger partial charge on any atom is -0.508 e. The summed E-state index contributed by atoms with van der Waals surface area (Å²) >= 11 is 0. The van der Waals surface area contributed by atoms with Crippen LogP contribution in [0.4, 0.5) is 0 Å². The highest BCUT2D eigenvalue weighted by Gasteiger charge is 2.37. The lowest BCUT2D eigenvalue weighted by Gasteiger charge is -2.29. The Bertz CT molecular complexity index is 2890. The highest BCUT2D eigenvalue weighted by atomic mass is 16.4. The van der Waals surface area contributed by atoms with Crippen molar-refractivity contribution in [3.63, 3.8) is 0 Å². The standard InChI is InChI=1S/C68H119N19O16/c1-6-7-8-9-10-11-12-13-14-15-16-17-18-26-55(92)79-52(40-56(93)94)65(102)87-57(42(4)88)66(103)84-47(25-22-37-78-68(74)75)60(97)82-48(31-33-53(70)90)62(99)83-49(32-34-54(71)91)63(100)86-51(39-43-27-29-44(89)30-28-43)64(101)81-46(24-21-36-77-67(72)73)59(96)80-45(23-19-20-35-69)61(98)85-50(38-41(2)3)58(95)76-5/h27-30,41-42,45-52,57,88-89H,6-26,31-40,69H2,1-5H3,(H2,70,90)(H2,71,91)(H,76,95)(H,79,92)(H,80,96)(H,81,101)(H,82,97)(H,83,99)(H,84,103)(H,85,98)(H,86,100)(H,87,102)(H,93,94)(H4,72,73,77)(H4,74,75,78)/t42-,45+,46+,47+,48+,49+,50+,51+,52+,57+/m1/s1. The zero-order valence-corrected chi connectivity index (χ0v) is 60.7. The summed E-state index contributed by atoms with van der Waals surface area (Å²) in [5.74, 6) is -13.7. The second-order valence-electron chi connectivity index (χ2n) is 26.2. The summed E-state index contributed by atoms with van der Waals surface area (Å²) in [7, 11) is 1.41. The molecule has 0 aliphatic carbocycles. The van der Waals surface area contributed by atoms with E-state index in [0.29, 0.717) is 31.2 Å². The van der Waals surface area contributed by atoms with Gasteiger partial charge < -0.3 is 109 Å². The lowest BCUT2D eigenvalue weighted by molar-refractivity contribution is -0.141. The molecule has 1 aromatic rings. The third-order valence-corrected chi connectivity index (χ3v) is 16.6. The first-order valence-electron chi connectivity index (χ1n) is 35.8. The van der Waals surface area contributed by atoms with Gasteiger partial charge in [0.25, 0.3) is 0 Å². The van der Waals surface area contributed by atoms with Crippen molar-refractivity contribution in [3.05, 3.63) is 29.8 Å². The number of phenols is 1. The molecule has 10 atom stereocenters. The third-order valence-electron chi connectivity index (χ3n) is 16.6. The van der Waals surface area contributed by atoms with Gasteiger partial charge in [-0.2, -0.15) is 0 Å². The fourth-order valence-electron chi connectivity index (χ4n) is 10.9. The average Bonchev–Trinajstić information content (AvgIpc) is 0.874. The number of nitrogens with two attached hydrogens (primary N) is 7. The third kappa shape index (κ3) is 41.9. The van der Waals surface area contributed by atoms with Crippen LogP contribution in [0.3, 0.4) is 0 Å². The molecule has 0 unspecified atom stereocenters. The summed E-state index contributed by atoms with van der Waals surface area (Å²) in [6.45, 7) is 7.10. The number of hydrogen-bond acceptors (Lipinski definition) is 18. The van der Waals surface area contributed by atoms with Gasteiger partial charge in [-0.1, -0.05) is 110 Å². The number of carboxylic acids is 1. The first-order valence-corrected chi connectivity index (χ1v) is 35.8. The van der Waals surface area contributed by atoms with E-state index in [2.05, 4.69) is 70.1 Å². The molecule has 12 amide bonds. The number of likely N-dealkylation sites (N-methyl/N-ethyl adjacent to an activating group) is 1. The maximum Gasteiger partial charge on any atom is 0.305 e. The van der Waals surface area contributed by atoms with Gasteiger partial charge in [0.1, 0.15) is 60.1 Å². The van der Waals surface area contributed by atoms with E-state index in [1.807, 2.05) is 13.8 Å². The normalized spacial score (nSPS) is 13.9. The topological polar surface area (TPSA) is 610 Å². The van der Waals surface area contributed by atoms with Crippen molar-refractivity contribution in [1.82, 2.24) is 53.2 Å². The zero-order valence-electron chi connectivity index (χ0n) is 60.7. The molecule has 27 N–H and O–H groups in total. The molecule has 0 heterocycles. The van der Waals surface area contributed by atoms with Crippen LogP contribution in [0.1, 0.15) is 207 Å². The van der Waals surface area contributed by atoms with E-state index in [0.717, 1.165) is 32.6 Å². The molecule has 0 aromatic heterocycles. The van der Waals surface area contributed by atoms with Crippen LogP contribution in [0.15, 0.2) is 34.3 Å². The Balaban J connectivity index is 3.70. The number of primary amides is 2. The number of carboxylic acid groups (broad SMARTS) is 1. The van der Waals surface area contributed by atoms with E-state index in [-0.39, 0.29) is 94.6 Å². The van der Waals surface area contributed by atoms with Crippen LogP contribution in [0.5, 0.6) is 5.75 Å². The molecule has 582 valence electrons. The molecule has 0 bridgehead atoms. The van der Waals surface area contributed by atoms with Crippen molar-refractivity contribution >= 4 is 88.8 Å². The summed E-state index contributed by atoms with van der Waals surface area (Å²) in [5.41, 5.74) is 39.3. The summed E-state index contributed by atoms with van der Waals surface area (Å²) in [4.78, 5) is 185. The number of aliphatic carboxylic acids is 1. The summed E-state index contributed by atoms with van der Waals surface area (Å²) in [6, 6.07) is -8.82. The highest BCUT2D eigenvalue weighted by Crippen LogP contribution is 2.17. The van der Waals surface area contributed by atoms with Crippen LogP contribution in [0.25, 0.3) is 0 Å². The van der Waals surface area contributed by atoms with Crippen molar-refractivity contribution in [3.8, 4) is 5.75 Å². The molecular formula is C68H119N19O16. The number of rotatable bonds is 57. The largest absolute Gasteiger partial charge is 0.508 e. The van der Waals surface area contributed by atoms with Gasteiger partial charge in [0.2, 0.25) is 70.9 Å². The van der Waals surface area contributed by atoms with E-state index >= 15 is 0 Å². The van der Waals surface area contributed by atoms with Crippen LogP contribution in [-0.4, -0.2) is 191 Å². The molecule has 0 saturated heterocycles. The van der Waals surface area contributed by atoms with Gasteiger partial charge in [0.05, 0.1) is 12.5 Å². The molecule has 0 radical (unpaired) electrons. The van der Waals surface area contributed by atoms with Crippen molar-refractivity contribution in [1.29, 1.82) is 0 Å². The van der Waals surface area contributed by atoms with E-state index in [1.165, 1.54) is 76.3 Å². The Morgan fingerprint density at radius 1 is 0.427 bits per heavy atom. The predicted octanol–water partition coefficient (Wildman–Crippen LogP) is -1.81. The molecule has 0 saturated carbocycles. The van der Waals surface area contributed by atoms with Gasteiger partial charge in [-0.3, -0.25) is 72.3 Å². The molecule has 0 aliphatic rings. The molecule has 0 fully saturated rings. The fourth-order valence-corrected chi connectivity index (χ4v) is 10.9. The Kier molecular flexibility index (Phi) is 46.7. The average molecular weight is 1460 g/mol. The molecule has 35 nitrogen and oxygen atoms in total. The second-order valence-corrected chi connectivity index (χ2v) is 26.2. The SMILES string of the molecule is CCCCCCCCCCCCCCCC(=O)N[C@@H](CC(=O)O)C(=O)N[C@H](C(=O)N[C@@H](CCCN=C(N)N)C(=O)N[C@@H](CCC(N)=O)C(=O)N[C@@H](CCC(N)=O)C(=O)N[C@@H](Cc1ccc(O)cc1)C(=O)N[C@@H](CCCN=C(N)N)C(=O)N[C@@H](CCCCN)C(=O)N[C@@H](CC(C)C)C(=O)NC)[C@@H](C)O. The number of carbonyl (C=O) groups excluding carboxylic acids is 12. The summed E-state index contributed by atoms with van der Waals surface area (Å²) < 4.78 is 0. The van der Waals surface area contributed by atoms with Gasteiger partial charge >= 0.3 is 5.97 Å². The van der Waals surface area contributed by atoms with Crippen LogP contribution in [-0.2, 0) is 68.7 Å². The van der Waals surface area contributed by atoms with Crippen molar-refractivity contribution in [2.75, 3.05) is 26.7 Å². The monoisotopic (exact) mass is 1460 g/mol. The molecule has 1 rings (SSSR count). The number of aliphatic hydroxyl groups is 1. The van der Waals surface area contributed by atoms with Crippen LogP contribution >= 0.6 is 0 Å². The van der Waals surface area contributed by atoms with Crippen molar-refractivity contribution in [2.45, 2.75) is 268 Å². The lowest BCUT2D eigenvalue weighted by Crippen LogP contribution is -2.61. The maximum atomic E-state index is 14.8. The first kappa shape index (κ1) is 91.6. The number of aliphatic imine (C=N–C) groups is 2. The number of nitrogens with zero attached hydrogens (tertiary/aromatic N) is 2. The number of carbonyl (C=O) groups is 13. The summed E-state index contributed by atoms with van der Waals surface area (Å²) in [5, 5.41) is 55.8. The number of hydrogen-bond donors (Lipinski definition) is 20. The number of phenolic OH excluding ortho intramolecular Hbond substituents is 1. The van der Waals surface area contributed by atoms with E-state index < -0.39 is 169 Å². The Morgan fingerprint density at radius 3 is 1.19 bits per heavy atom. The molecule has 0 aliphatic heterocycles. The minimum atomic E-state index is -1.90. The molecule has 103 heavy (non-hydrogen) atoms. The van der Waals surface area contributed by atoms with Gasteiger partial charge in [-0.25, -0.2) is 0 Å². The molecule has 35 heteroatoms. The Labute approximate surface area is 603 Å². The number of unbranched alkanes of at least 4 members (excludes halogenated alkanes) is 13. The fraction of sp³-hybridized carbons (Fsp3) is 0.691. The smallest absolute Gasteiger partial charge is 0.305 e. The first-order chi connectivity index (χ1) is 48.8. The second kappa shape index (κ2) is 52.5. The van der Waals surface area contributed by atoms with Crippen LogP contribution in [0, 0.1) is 5.92 Å². The van der Waals surface area contributed by atoms with Crippen LogP contribution in [0.2, 0.25) is 0 Å². The number of aromatic hydroxyl groups is 1. The predicted molar refractivity (Wildman–Crippen MR) is 387 cm³/mol. The lowest BCUT2D eigenvalue weighted by atomic mass is 10.0. The van der Waals surface area contributed by atoms with E-state index in [4.69, 9.17) is 40.1 Å². The minimum absolute atomic E-state index is 0.0274. The Hall–Kier alpha value is -9.41. The molecule has 1 aromatic carbocycles. The number of amides is 12. The van der Waals surface area contributed by atoms with E-state index in [1.54, 1.807) is 0 Å². The maximum absolute atomic E-state index is 14.8. The van der Waals surface area contributed by atoms with Crippen molar-refractivity contribution < 1.29 is 77.6 Å². The van der Waals surface area contributed by atoms with Crippen LogP contribution < -0.4 is 93.3 Å². The summed E-state index contributed by atoms with van der Waals surface area (Å²) in [6.07, 6.45) is 9.19. The highest BCUT2D eigenvalue weighted by molar-refractivity contribution is 5.99. The van der Waals surface area contributed by atoms with Gasteiger partial charge in [0, 0.05) is 45.8 Å².